The fraction of sp³-hybridized carbons (Fsp3) is 0.480. The molecule has 2 aliphatic heterocycles. The quantitative estimate of drug-likeness (QED) is 0.534. The molecule has 176 valence electrons. The molecule has 8 nitrogen and oxygen atoms in total. The van der Waals surface area contributed by atoms with Crippen molar-refractivity contribution in [1.29, 1.82) is 0 Å². The molecule has 33 heavy (non-hydrogen) atoms. The standard InChI is InChI=1S/C25H32N4O4/c1-17-8-11-26-22(14-17)33-20-15-21(24(30)28(2)32)23(27-16-20)25(31)29-12-9-19(10-13-29)18-6-4-3-5-7-18/h3-8,11,14,19-21,23,27,32H,9-10,12-13,15-16H2,1-2H3/t20-,21-,23-/m0/s1. The number of amides is 2. The Labute approximate surface area is 194 Å². The first-order valence-electron chi connectivity index (χ1n) is 11.5. The number of hydroxylamine groups is 2. The maximum atomic E-state index is 13.4. The number of aryl methyl sites for hydroxylation is 1. The van der Waals surface area contributed by atoms with E-state index in [0.29, 0.717) is 42.9 Å². The number of aromatic nitrogens is 1. The number of hydrogen-bond acceptors (Lipinski definition) is 6. The van der Waals surface area contributed by atoms with Gasteiger partial charge in [0.05, 0.1) is 12.0 Å². The van der Waals surface area contributed by atoms with E-state index in [-0.39, 0.29) is 12.0 Å². The topological polar surface area (TPSA) is 95.0 Å². The Balaban J connectivity index is 1.41. The summed E-state index contributed by atoms with van der Waals surface area (Å²) >= 11 is 0. The van der Waals surface area contributed by atoms with Crippen LogP contribution in [0.5, 0.6) is 5.88 Å². The van der Waals surface area contributed by atoms with Crippen LogP contribution in [-0.2, 0) is 9.59 Å². The largest absolute Gasteiger partial charge is 0.473 e. The van der Waals surface area contributed by atoms with Crippen LogP contribution in [0.25, 0.3) is 0 Å². The molecule has 2 fully saturated rings. The number of likely N-dealkylation sites (tertiary alicyclic amines) is 1. The second kappa shape index (κ2) is 10.3. The molecular weight excluding hydrogens is 420 g/mol. The van der Waals surface area contributed by atoms with Gasteiger partial charge in [-0.25, -0.2) is 10.0 Å². The predicted molar refractivity (Wildman–Crippen MR) is 123 cm³/mol. The molecule has 8 heteroatoms. The summed E-state index contributed by atoms with van der Waals surface area (Å²) in [6.45, 7) is 3.68. The fourth-order valence-corrected chi connectivity index (χ4v) is 4.83. The van der Waals surface area contributed by atoms with Gasteiger partial charge in [-0.05, 0) is 49.3 Å². The van der Waals surface area contributed by atoms with Crippen LogP contribution in [-0.4, -0.2) is 70.8 Å². The Morgan fingerprint density at radius 3 is 2.58 bits per heavy atom. The van der Waals surface area contributed by atoms with E-state index in [9.17, 15) is 14.8 Å². The molecule has 2 aromatic rings. The van der Waals surface area contributed by atoms with Gasteiger partial charge in [-0.1, -0.05) is 30.3 Å². The molecule has 0 bridgehead atoms. The van der Waals surface area contributed by atoms with E-state index in [4.69, 9.17) is 4.74 Å². The molecule has 3 heterocycles. The van der Waals surface area contributed by atoms with E-state index in [1.807, 2.05) is 42.2 Å². The number of ether oxygens (including phenoxy) is 1. The maximum Gasteiger partial charge on any atom is 0.251 e. The van der Waals surface area contributed by atoms with Crippen molar-refractivity contribution in [3.8, 4) is 5.88 Å². The van der Waals surface area contributed by atoms with Crippen molar-refractivity contribution >= 4 is 11.8 Å². The van der Waals surface area contributed by atoms with E-state index < -0.39 is 17.9 Å². The summed E-state index contributed by atoms with van der Waals surface area (Å²) in [5.74, 6) is -0.379. The van der Waals surface area contributed by atoms with Gasteiger partial charge in [0.15, 0.2) is 0 Å². The number of nitrogens with zero attached hydrogens (tertiary/aromatic N) is 3. The lowest BCUT2D eigenvalue weighted by atomic mass is 9.85. The highest BCUT2D eigenvalue weighted by Gasteiger charge is 2.43. The van der Waals surface area contributed by atoms with Gasteiger partial charge in [0.1, 0.15) is 6.10 Å². The molecule has 2 aliphatic rings. The highest BCUT2D eigenvalue weighted by atomic mass is 16.5. The van der Waals surface area contributed by atoms with Crippen molar-refractivity contribution in [1.82, 2.24) is 20.3 Å². The SMILES string of the molecule is Cc1ccnc(O[C@@H]2CN[C@H](C(=O)N3CCC(c4ccccc4)CC3)[C@@H](C(=O)N(C)O)C2)c1. The molecular formula is C25H32N4O4. The molecule has 2 N–H and O–H groups in total. The molecule has 2 saturated heterocycles. The van der Waals surface area contributed by atoms with Crippen LogP contribution < -0.4 is 10.1 Å². The summed E-state index contributed by atoms with van der Waals surface area (Å²) in [4.78, 5) is 32.3. The zero-order valence-electron chi connectivity index (χ0n) is 19.2. The number of nitrogens with one attached hydrogen (secondary N) is 1. The number of carbonyl (C=O) groups excluding carboxylic acids is 2. The van der Waals surface area contributed by atoms with E-state index in [2.05, 4.69) is 22.4 Å². The van der Waals surface area contributed by atoms with Crippen molar-refractivity contribution in [3.05, 3.63) is 59.8 Å². The van der Waals surface area contributed by atoms with Gasteiger partial charge < -0.3 is 15.0 Å². The highest BCUT2D eigenvalue weighted by molar-refractivity contribution is 5.90. The number of carbonyl (C=O) groups is 2. The van der Waals surface area contributed by atoms with Crippen LogP contribution >= 0.6 is 0 Å². The summed E-state index contributed by atoms with van der Waals surface area (Å²) in [5.41, 5.74) is 2.33. The van der Waals surface area contributed by atoms with Crippen LogP contribution in [0.1, 0.15) is 36.3 Å². The normalized spacial score (nSPS) is 23.7. The second-order valence-electron chi connectivity index (χ2n) is 9.01. The number of pyridine rings is 1. The van der Waals surface area contributed by atoms with Gasteiger partial charge in [0.25, 0.3) is 5.91 Å². The highest BCUT2D eigenvalue weighted by Crippen LogP contribution is 2.30. The van der Waals surface area contributed by atoms with Crippen LogP contribution in [0.3, 0.4) is 0 Å². The van der Waals surface area contributed by atoms with Crippen LogP contribution in [0, 0.1) is 12.8 Å². The van der Waals surface area contributed by atoms with Crippen molar-refractivity contribution < 1.29 is 19.5 Å². The van der Waals surface area contributed by atoms with Gasteiger partial charge in [-0.15, -0.1) is 0 Å². The van der Waals surface area contributed by atoms with Gasteiger partial charge in [-0.2, -0.15) is 0 Å². The monoisotopic (exact) mass is 452 g/mol. The molecule has 3 atom stereocenters. The first-order valence-corrected chi connectivity index (χ1v) is 11.5. The molecule has 0 unspecified atom stereocenters. The summed E-state index contributed by atoms with van der Waals surface area (Å²) in [5, 5.41) is 13.6. The zero-order chi connectivity index (χ0) is 23.4. The molecule has 0 spiro atoms. The summed E-state index contributed by atoms with van der Waals surface area (Å²) < 4.78 is 5.98. The van der Waals surface area contributed by atoms with E-state index in [1.165, 1.54) is 12.6 Å². The average Bonchev–Trinajstić information content (AvgIpc) is 2.84. The van der Waals surface area contributed by atoms with E-state index in [1.54, 1.807) is 6.20 Å². The summed E-state index contributed by atoms with van der Waals surface area (Å²) in [6.07, 6.45) is 3.46. The van der Waals surface area contributed by atoms with Gasteiger partial charge in [0, 0.05) is 38.9 Å². The lowest BCUT2D eigenvalue weighted by Gasteiger charge is -2.40. The first kappa shape index (κ1) is 23.2. The average molecular weight is 453 g/mol. The minimum atomic E-state index is -0.720. The molecule has 2 amide bonds. The third kappa shape index (κ3) is 5.51. The zero-order valence-corrected chi connectivity index (χ0v) is 19.2. The number of hydrogen-bond donors (Lipinski definition) is 2. The third-order valence-electron chi connectivity index (χ3n) is 6.64. The summed E-state index contributed by atoms with van der Waals surface area (Å²) in [7, 11) is 1.29. The number of rotatable bonds is 5. The Kier molecular flexibility index (Phi) is 7.25. The van der Waals surface area contributed by atoms with Crippen molar-refractivity contribution in [3.63, 3.8) is 0 Å². The van der Waals surface area contributed by atoms with Crippen LogP contribution in [0.15, 0.2) is 48.7 Å². The van der Waals surface area contributed by atoms with Gasteiger partial charge in [0.2, 0.25) is 11.8 Å². The Hall–Kier alpha value is -2.97. The number of piperidine rings is 2. The van der Waals surface area contributed by atoms with Crippen LogP contribution in [0.2, 0.25) is 0 Å². The van der Waals surface area contributed by atoms with Crippen molar-refractivity contribution in [2.45, 2.75) is 44.2 Å². The predicted octanol–water partition coefficient (Wildman–Crippen LogP) is 2.37. The third-order valence-corrected chi connectivity index (χ3v) is 6.64. The number of benzene rings is 1. The van der Waals surface area contributed by atoms with Gasteiger partial charge in [-0.3, -0.25) is 14.8 Å². The molecule has 0 saturated carbocycles. The lowest BCUT2D eigenvalue weighted by molar-refractivity contribution is -0.169. The molecule has 0 aliphatic carbocycles. The summed E-state index contributed by atoms with van der Waals surface area (Å²) in [6, 6.07) is 13.4. The molecule has 1 aromatic carbocycles. The molecule has 4 rings (SSSR count). The fourth-order valence-electron chi connectivity index (χ4n) is 4.83. The maximum absolute atomic E-state index is 13.4. The minimum Gasteiger partial charge on any atom is -0.473 e. The Morgan fingerprint density at radius 2 is 1.91 bits per heavy atom. The smallest absolute Gasteiger partial charge is 0.251 e. The van der Waals surface area contributed by atoms with Gasteiger partial charge >= 0.3 is 0 Å². The first-order chi connectivity index (χ1) is 15.9. The van der Waals surface area contributed by atoms with Crippen molar-refractivity contribution in [2.24, 2.45) is 5.92 Å². The van der Waals surface area contributed by atoms with E-state index in [0.717, 1.165) is 18.4 Å². The van der Waals surface area contributed by atoms with E-state index >= 15 is 0 Å². The van der Waals surface area contributed by atoms with Crippen LogP contribution in [0.4, 0.5) is 0 Å². The Morgan fingerprint density at radius 1 is 1.18 bits per heavy atom. The lowest BCUT2D eigenvalue weighted by Crippen LogP contribution is -2.60. The molecule has 0 radical (unpaired) electrons. The Bertz CT molecular complexity index is 960. The second-order valence-corrected chi connectivity index (χ2v) is 9.01. The van der Waals surface area contributed by atoms with Crippen molar-refractivity contribution in [2.75, 3.05) is 26.7 Å². The molecule has 1 aromatic heterocycles. The minimum absolute atomic E-state index is 0.0890.